The Hall–Kier alpha value is -2.46. The second-order valence-electron chi connectivity index (χ2n) is 5.85. The van der Waals surface area contributed by atoms with Crippen molar-refractivity contribution >= 4 is 34.6 Å². The second kappa shape index (κ2) is 8.70. The minimum atomic E-state index is -2.78. The number of carbonyl (C=O) groups is 1. The molecule has 3 N–H and O–H groups in total. The van der Waals surface area contributed by atoms with Crippen molar-refractivity contribution < 1.29 is 18.1 Å². The standard InChI is InChI=1S/C18H15ClF2N4O2S/c19-16-4-2-1-3-11(16)7-17(26)24-14-5-12(6-15(8-14)28(22)27)13-9-23-25(10-13)18(20)21/h1-6,8-10,18H,7,22H2,(H,24,26). The molecule has 28 heavy (non-hydrogen) atoms. The van der Waals surface area contributed by atoms with Gasteiger partial charge in [-0.2, -0.15) is 13.9 Å². The molecule has 146 valence electrons. The summed E-state index contributed by atoms with van der Waals surface area (Å²) in [4.78, 5) is 12.6. The predicted molar refractivity (Wildman–Crippen MR) is 103 cm³/mol. The van der Waals surface area contributed by atoms with Gasteiger partial charge in [0.15, 0.2) is 4.90 Å². The zero-order chi connectivity index (χ0) is 20.3. The third-order valence-corrected chi connectivity index (χ3v) is 4.94. The van der Waals surface area contributed by atoms with Crippen LogP contribution >= 0.6 is 11.6 Å². The summed E-state index contributed by atoms with van der Waals surface area (Å²) in [5.74, 6) is -0.345. The molecule has 1 unspecified atom stereocenters. The van der Waals surface area contributed by atoms with E-state index in [4.69, 9.17) is 16.7 Å². The van der Waals surface area contributed by atoms with Crippen LogP contribution in [0.2, 0.25) is 5.02 Å². The minimum Gasteiger partial charge on any atom is -0.593 e. The first-order valence-corrected chi connectivity index (χ1v) is 9.60. The summed E-state index contributed by atoms with van der Waals surface area (Å²) in [7, 11) is 0. The molecular formula is C18H15ClF2N4O2S. The maximum atomic E-state index is 12.8. The third-order valence-electron chi connectivity index (χ3n) is 3.87. The van der Waals surface area contributed by atoms with Gasteiger partial charge in [-0.25, -0.2) is 4.68 Å². The van der Waals surface area contributed by atoms with E-state index in [1.807, 2.05) is 0 Å². The summed E-state index contributed by atoms with van der Waals surface area (Å²) in [6, 6.07) is 11.5. The molecule has 0 saturated heterocycles. The lowest BCUT2D eigenvalue weighted by atomic mass is 10.1. The van der Waals surface area contributed by atoms with E-state index in [9.17, 15) is 18.1 Å². The quantitative estimate of drug-likeness (QED) is 0.589. The predicted octanol–water partition coefficient (Wildman–Crippen LogP) is 3.76. The fourth-order valence-electron chi connectivity index (χ4n) is 2.57. The maximum Gasteiger partial charge on any atom is 0.333 e. The van der Waals surface area contributed by atoms with Crippen LogP contribution in [0, 0.1) is 0 Å². The molecule has 10 heteroatoms. The second-order valence-corrected chi connectivity index (χ2v) is 7.32. The fourth-order valence-corrected chi connectivity index (χ4v) is 3.26. The van der Waals surface area contributed by atoms with Crippen LogP contribution in [0.4, 0.5) is 14.5 Å². The van der Waals surface area contributed by atoms with Crippen LogP contribution in [0.1, 0.15) is 12.1 Å². The summed E-state index contributed by atoms with van der Waals surface area (Å²) in [6.45, 7) is -2.78. The average molecular weight is 425 g/mol. The molecule has 0 fully saturated rings. The normalized spacial score (nSPS) is 12.2. The van der Waals surface area contributed by atoms with Gasteiger partial charge in [0.25, 0.3) is 0 Å². The number of amides is 1. The lowest BCUT2D eigenvalue weighted by molar-refractivity contribution is -0.115. The Morgan fingerprint density at radius 2 is 2.04 bits per heavy atom. The van der Waals surface area contributed by atoms with Crippen LogP contribution in [0.25, 0.3) is 11.1 Å². The van der Waals surface area contributed by atoms with Crippen molar-refractivity contribution in [1.82, 2.24) is 9.78 Å². The Bertz CT molecular complexity index is 997. The van der Waals surface area contributed by atoms with Gasteiger partial charge in [-0.05, 0) is 23.3 Å². The zero-order valence-electron chi connectivity index (χ0n) is 14.3. The van der Waals surface area contributed by atoms with Crippen molar-refractivity contribution in [3.05, 3.63) is 65.4 Å². The highest BCUT2D eigenvalue weighted by Crippen LogP contribution is 2.28. The molecule has 0 saturated carbocycles. The van der Waals surface area contributed by atoms with E-state index in [0.29, 0.717) is 32.1 Å². The number of nitrogens with zero attached hydrogens (tertiary/aromatic N) is 2. The van der Waals surface area contributed by atoms with Gasteiger partial charge in [-0.1, -0.05) is 29.8 Å². The van der Waals surface area contributed by atoms with E-state index in [0.717, 1.165) is 6.20 Å². The highest BCUT2D eigenvalue weighted by atomic mass is 35.5. The molecule has 0 aliphatic heterocycles. The minimum absolute atomic E-state index is 0.0360. The van der Waals surface area contributed by atoms with Crippen LogP contribution in [-0.4, -0.2) is 20.2 Å². The fraction of sp³-hybridized carbons (Fsp3) is 0.111. The number of hydrogen-bond acceptors (Lipinski definition) is 4. The number of carbonyl (C=O) groups excluding carboxylic acids is 1. The lowest BCUT2D eigenvalue weighted by Gasteiger charge is -2.11. The molecule has 1 heterocycles. The molecule has 0 bridgehead atoms. The maximum absolute atomic E-state index is 12.8. The van der Waals surface area contributed by atoms with Crippen molar-refractivity contribution in [2.24, 2.45) is 5.14 Å². The Labute approximate surface area is 167 Å². The van der Waals surface area contributed by atoms with Gasteiger partial charge in [0.2, 0.25) is 5.91 Å². The van der Waals surface area contributed by atoms with Crippen molar-refractivity contribution in [2.75, 3.05) is 5.32 Å². The van der Waals surface area contributed by atoms with Gasteiger partial charge in [0, 0.05) is 34.6 Å². The highest BCUT2D eigenvalue weighted by Gasteiger charge is 2.15. The molecule has 1 aromatic heterocycles. The lowest BCUT2D eigenvalue weighted by Crippen LogP contribution is -2.16. The number of aromatic nitrogens is 2. The molecule has 0 radical (unpaired) electrons. The molecule has 0 aliphatic rings. The molecule has 1 atom stereocenters. The SMILES string of the molecule is N[S+]([O-])c1cc(NC(=O)Cc2ccccc2Cl)cc(-c2cnn(C(F)F)c2)c1. The Balaban J connectivity index is 1.86. The smallest absolute Gasteiger partial charge is 0.333 e. The number of hydrogen-bond donors (Lipinski definition) is 2. The first kappa shape index (κ1) is 20.3. The van der Waals surface area contributed by atoms with Gasteiger partial charge in [-0.3, -0.25) is 4.79 Å². The van der Waals surface area contributed by atoms with Gasteiger partial charge < -0.3 is 9.87 Å². The number of alkyl halides is 2. The number of anilines is 1. The summed E-state index contributed by atoms with van der Waals surface area (Å²) in [5, 5.41) is 12.2. The van der Waals surface area contributed by atoms with E-state index >= 15 is 0 Å². The molecule has 2 aromatic carbocycles. The van der Waals surface area contributed by atoms with Crippen LogP contribution < -0.4 is 10.5 Å². The van der Waals surface area contributed by atoms with Crippen molar-refractivity contribution in [3.63, 3.8) is 0 Å². The Morgan fingerprint density at radius 3 is 2.68 bits per heavy atom. The summed E-state index contributed by atoms with van der Waals surface area (Å²) >= 11 is 4.23. The monoisotopic (exact) mass is 424 g/mol. The van der Waals surface area contributed by atoms with Gasteiger partial charge in [-0.15, -0.1) is 5.14 Å². The van der Waals surface area contributed by atoms with Crippen molar-refractivity contribution in [2.45, 2.75) is 17.9 Å². The van der Waals surface area contributed by atoms with Crippen molar-refractivity contribution in [3.8, 4) is 11.1 Å². The molecule has 0 aliphatic carbocycles. The van der Waals surface area contributed by atoms with Crippen LogP contribution in [0.3, 0.4) is 0 Å². The molecule has 3 rings (SSSR count). The Morgan fingerprint density at radius 1 is 1.29 bits per heavy atom. The number of nitrogens with two attached hydrogens (primary N) is 1. The zero-order valence-corrected chi connectivity index (χ0v) is 15.9. The van der Waals surface area contributed by atoms with Crippen molar-refractivity contribution in [1.29, 1.82) is 0 Å². The molecule has 0 spiro atoms. The van der Waals surface area contributed by atoms with E-state index < -0.39 is 17.9 Å². The largest absolute Gasteiger partial charge is 0.593 e. The number of benzene rings is 2. The van der Waals surface area contributed by atoms with E-state index in [-0.39, 0.29) is 17.2 Å². The van der Waals surface area contributed by atoms with E-state index in [1.165, 1.54) is 18.3 Å². The van der Waals surface area contributed by atoms with E-state index in [1.54, 1.807) is 30.3 Å². The van der Waals surface area contributed by atoms with Crippen LogP contribution in [0.15, 0.2) is 59.8 Å². The van der Waals surface area contributed by atoms with Gasteiger partial charge in [0.05, 0.1) is 24.0 Å². The number of nitrogens with one attached hydrogen (secondary N) is 1. The molecule has 3 aromatic rings. The Kier molecular flexibility index (Phi) is 6.30. The molecular weight excluding hydrogens is 410 g/mol. The van der Waals surface area contributed by atoms with Gasteiger partial charge >= 0.3 is 6.55 Å². The summed E-state index contributed by atoms with van der Waals surface area (Å²) in [6.07, 6.45) is 2.44. The molecule has 6 nitrogen and oxygen atoms in total. The van der Waals surface area contributed by atoms with Gasteiger partial charge in [0.1, 0.15) is 0 Å². The van der Waals surface area contributed by atoms with Crippen LogP contribution in [0.5, 0.6) is 0 Å². The average Bonchev–Trinajstić information content (AvgIpc) is 3.14. The van der Waals surface area contributed by atoms with E-state index in [2.05, 4.69) is 10.4 Å². The number of halogens is 3. The third kappa shape index (κ3) is 4.87. The first-order valence-electron chi connectivity index (χ1n) is 8.00. The topological polar surface area (TPSA) is 96.0 Å². The molecule has 1 amide bonds. The first-order chi connectivity index (χ1) is 13.3. The number of rotatable bonds is 6. The summed E-state index contributed by atoms with van der Waals surface area (Å²) in [5.41, 5.74) is 1.79. The van der Waals surface area contributed by atoms with Crippen LogP contribution in [-0.2, 0) is 22.6 Å². The summed E-state index contributed by atoms with van der Waals surface area (Å²) < 4.78 is 37.7. The highest BCUT2D eigenvalue weighted by molar-refractivity contribution is 7.89.